The minimum atomic E-state index is -0.247. The summed E-state index contributed by atoms with van der Waals surface area (Å²) in [5.41, 5.74) is 1.13. The summed E-state index contributed by atoms with van der Waals surface area (Å²) in [6, 6.07) is 0. The summed E-state index contributed by atoms with van der Waals surface area (Å²) >= 11 is 0. The molecule has 1 heterocycles. The lowest BCUT2D eigenvalue weighted by Crippen LogP contribution is -2.41. The minimum Gasteiger partial charge on any atom is -0.400 e. The van der Waals surface area contributed by atoms with E-state index in [2.05, 4.69) is 47.6 Å². The van der Waals surface area contributed by atoms with Crippen LogP contribution < -0.4 is 0 Å². The van der Waals surface area contributed by atoms with E-state index in [1.165, 1.54) is 18.3 Å². The van der Waals surface area contributed by atoms with Crippen molar-refractivity contribution in [1.82, 2.24) is 0 Å². The summed E-state index contributed by atoms with van der Waals surface area (Å²) < 4.78 is 18.0. The Balaban J connectivity index is 2.03. The maximum absolute atomic E-state index is 6.16. The molecule has 4 heteroatoms. The Labute approximate surface area is 130 Å². The van der Waals surface area contributed by atoms with Crippen molar-refractivity contribution < 1.29 is 14.0 Å². The second-order valence-corrected chi connectivity index (χ2v) is 7.56. The van der Waals surface area contributed by atoms with E-state index in [9.17, 15) is 0 Å². The molecule has 1 fully saturated rings. The standard InChI is InChI=1S/C17H31BO3/c1-7-17(13-19-8-2)11-9-14(10-12-17)18-20-15(3,4)16(5,6)21-18/h9H,7-8,10-13H2,1-6H3. The van der Waals surface area contributed by atoms with Gasteiger partial charge in [0.1, 0.15) is 0 Å². The van der Waals surface area contributed by atoms with Gasteiger partial charge in [-0.1, -0.05) is 13.0 Å². The van der Waals surface area contributed by atoms with Crippen molar-refractivity contribution in [2.45, 2.75) is 78.4 Å². The fraction of sp³-hybridized carbons (Fsp3) is 0.882. The van der Waals surface area contributed by atoms with Gasteiger partial charge in [0.2, 0.25) is 0 Å². The van der Waals surface area contributed by atoms with Gasteiger partial charge in [-0.3, -0.25) is 0 Å². The Morgan fingerprint density at radius 1 is 1.14 bits per heavy atom. The van der Waals surface area contributed by atoms with E-state index in [1.54, 1.807) is 0 Å². The molecule has 0 aromatic rings. The second kappa shape index (κ2) is 6.06. The fourth-order valence-corrected chi connectivity index (χ4v) is 3.04. The van der Waals surface area contributed by atoms with E-state index in [4.69, 9.17) is 14.0 Å². The summed E-state index contributed by atoms with van der Waals surface area (Å²) in [5, 5.41) is 0. The Morgan fingerprint density at radius 3 is 2.19 bits per heavy atom. The normalized spacial score (nSPS) is 31.3. The van der Waals surface area contributed by atoms with E-state index in [0.717, 1.165) is 26.1 Å². The van der Waals surface area contributed by atoms with Crippen molar-refractivity contribution >= 4 is 7.12 Å². The van der Waals surface area contributed by atoms with Crippen LogP contribution in [0.15, 0.2) is 11.5 Å². The Hall–Kier alpha value is -0.315. The van der Waals surface area contributed by atoms with Crippen molar-refractivity contribution in [3.8, 4) is 0 Å². The topological polar surface area (TPSA) is 27.7 Å². The molecule has 0 radical (unpaired) electrons. The zero-order valence-corrected chi connectivity index (χ0v) is 14.6. The van der Waals surface area contributed by atoms with Gasteiger partial charge in [0.25, 0.3) is 0 Å². The highest BCUT2D eigenvalue weighted by Crippen LogP contribution is 2.44. The highest BCUT2D eigenvalue weighted by molar-refractivity contribution is 6.54. The van der Waals surface area contributed by atoms with Crippen molar-refractivity contribution in [2.24, 2.45) is 5.41 Å². The Morgan fingerprint density at radius 2 is 1.76 bits per heavy atom. The highest BCUT2D eigenvalue weighted by atomic mass is 16.7. The lowest BCUT2D eigenvalue weighted by Gasteiger charge is -2.35. The number of ether oxygens (including phenoxy) is 1. The van der Waals surface area contributed by atoms with Crippen molar-refractivity contribution in [3.05, 3.63) is 11.5 Å². The van der Waals surface area contributed by atoms with Gasteiger partial charge in [-0.25, -0.2) is 0 Å². The van der Waals surface area contributed by atoms with Crippen LogP contribution in [0.25, 0.3) is 0 Å². The number of hydrogen-bond donors (Lipinski definition) is 0. The molecule has 120 valence electrons. The van der Waals surface area contributed by atoms with Crippen LogP contribution in [0.5, 0.6) is 0 Å². The van der Waals surface area contributed by atoms with Gasteiger partial charge in [0.15, 0.2) is 0 Å². The molecule has 1 aliphatic heterocycles. The van der Waals surface area contributed by atoms with Crippen LogP contribution in [-0.2, 0) is 14.0 Å². The zero-order valence-electron chi connectivity index (χ0n) is 14.6. The first kappa shape index (κ1) is 17.0. The fourth-order valence-electron chi connectivity index (χ4n) is 3.04. The largest absolute Gasteiger partial charge is 0.490 e. The summed E-state index contributed by atoms with van der Waals surface area (Å²) in [7, 11) is -0.169. The van der Waals surface area contributed by atoms with Crippen molar-refractivity contribution in [2.75, 3.05) is 13.2 Å². The molecule has 0 aromatic carbocycles. The molecule has 0 saturated carbocycles. The number of rotatable bonds is 5. The van der Waals surface area contributed by atoms with E-state index in [-0.39, 0.29) is 18.3 Å². The lowest BCUT2D eigenvalue weighted by molar-refractivity contribution is 0.00578. The van der Waals surface area contributed by atoms with Crippen LogP contribution in [-0.4, -0.2) is 31.5 Å². The molecular formula is C17H31BO3. The average molecular weight is 294 g/mol. The molecule has 3 nitrogen and oxygen atoms in total. The smallest absolute Gasteiger partial charge is 0.400 e. The minimum absolute atomic E-state index is 0.169. The van der Waals surface area contributed by atoms with Gasteiger partial charge in [-0.15, -0.1) is 0 Å². The summed E-state index contributed by atoms with van der Waals surface area (Å²) in [4.78, 5) is 0. The predicted octanol–water partition coefficient (Wildman–Crippen LogP) is 4.16. The number of allylic oxidation sites excluding steroid dienone is 2. The predicted molar refractivity (Wildman–Crippen MR) is 87.2 cm³/mol. The first-order valence-electron chi connectivity index (χ1n) is 8.37. The average Bonchev–Trinajstić information content (AvgIpc) is 2.66. The maximum atomic E-state index is 6.16. The van der Waals surface area contributed by atoms with Gasteiger partial charge in [0.05, 0.1) is 17.8 Å². The van der Waals surface area contributed by atoms with Gasteiger partial charge in [-0.05, 0) is 71.2 Å². The molecule has 0 bridgehead atoms. The summed E-state index contributed by atoms with van der Waals surface area (Å²) in [6.45, 7) is 14.5. The van der Waals surface area contributed by atoms with Crippen LogP contribution in [0.2, 0.25) is 0 Å². The molecule has 2 rings (SSSR count). The van der Waals surface area contributed by atoms with Gasteiger partial charge < -0.3 is 14.0 Å². The van der Waals surface area contributed by atoms with Crippen molar-refractivity contribution in [3.63, 3.8) is 0 Å². The second-order valence-electron chi connectivity index (χ2n) is 7.56. The summed E-state index contributed by atoms with van der Waals surface area (Å²) in [6.07, 6.45) is 6.80. The molecular weight excluding hydrogens is 263 g/mol. The maximum Gasteiger partial charge on any atom is 0.490 e. The van der Waals surface area contributed by atoms with E-state index in [0.29, 0.717) is 5.41 Å². The van der Waals surface area contributed by atoms with Gasteiger partial charge in [0, 0.05) is 6.61 Å². The molecule has 1 unspecified atom stereocenters. The lowest BCUT2D eigenvalue weighted by atomic mass is 9.65. The Kier molecular flexibility index (Phi) is 4.92. The SMILES string of the molecule is CCOCC1(CC)CC=C(B2OC(C)(C)C(C)(C)O2)CC1. The first-order valence-corrected chi connectivity index (χ1v) is 8.37. The third-order valence-corrected chi connectivity index (χ3v) is 5.66. The van der Waals surface area contributed by atoms with Gasteiger partial charge in [-0.2, -0.15) is 0 Å². The molecule has 2 aliphatic rings. The van der Waals surface area contributed by atoms with Crippen molar-refractivity contribution in [1.29, 1.82) is 0 Å². The van der Waals surface area contributed by atoms with Crippen LogP contribution in [0.3, 0.4) is 0 Å². The van der Waals surface area contributed by atoms with Crippen LogP contribution >= 0.6 is 0 Å². The van der Waals surface area contributed by atoms with Gasteiger partial charge >= 0.3 is 7.12 Å². The molecule has 0 aromatic heterocycles. The van der Waals surface area contributed by atoms with Crippen LogP contribution in [0, 0.1) is 5.41 Å². The molecule has 1 aliphatic carbocycles. The molecule has 0 spiro atoms. The number of hydrogen-bond acceptors (Lipinski definition) is 3. The molecule has 0 N–H and O–H groups in total. The third-order valence-electron chi connectivity index (χ3n) is 5.66. The third kappa shape index (κ3) is 3.38. The van der Waals surface area contributed by atoms with E-state index in [1.807, 2.05) is 0 Å². The quantitative estimate of drug-likeness (QED) is 0.713. The highest BCUT2D eigenvalue weighted by Gasteiger charge is 2.52. The molecule has 1 atom stereocenters. The summed E-state index contributed by atoms with van der Waals surface area (Å²) in [5.74, 6) is 0. The van der Waals surface area contributed by atoms with E-state index < -0.39 is 0 Å². The molecule has 0 amide bonds. The molecule has 21 heavy (non-hydrogen) atoms. The monoisotopic (exact) mass is 294 g/mol. The van der Waals surface area contributed by atoms with E-state index >= 15 is 0 Å². The van der Waals surface area contributed by atoms with Crippen LogP contribution in [0.1, 0.15) is 67.2 Å². The zero-order chi connectivity index (χ0) is 15.7. The Bertz CT molecular complexity index is 387. The van der Waals surface area contributed by atoms with Crippen LogP contribution in [0.4, 0.5) is 0 Å². The first-order chi connectivity index (χ1) is 9.75. The molecule has 1 saturated heterocycles.